The Hall–Kier alpha value is -7.94. The first kappa shape index (κ1) is 65.0. The number of hydrogen-bond donors (Lipinski definition) is 10. The van der Waals surface area contributed by atoms with Gasteiger partial charge in [0, 0.05) is 18.6 Å². The number of amides is 2. The predicted octanol–water partition coefficient (Wildman–Crippen LogP) is 0.907. The maximum absolute atomic E-state index is 12.3. The van der Waals surface area contributed by atoms with E-state index in [1.807, 2.05) is 39.2 Å². The van der Waals surface area contributed by atoms with Crippen LogP contribution in [0, 0.1) is 35.5 Å². The molecule has 0 saturated carbocycles. The smallest absolute Gasteiger partial charge is 0.388 e. The Kier molecular flexibility index (Phi) is 20.2. The van der Waals surface area contributed by atoms with E-state index in [1.54, 1.807) is 38.4 Å². The number of fused-ring (bicyclic) bond motifs is 4. The van der Waals surface area contributed by atoms with Gasteiger partial charge in [0.2, 0.25) is 0 Å². The molecule has 6 aromatic heterocycles. The van der Waals surface area contributed by atoms with Crippen molar-refractivity contribution < 1.29 is 80.0 Å². The second-order valence-electron chi connectivity index (χ2n) is 20.8. The standard InChI is InChI=1S/C21H24F3N5O4.C18H20F3N5O4.C16H21N5O3/c1-4-12-15-16(33-20(2,3)32-15)13(31-12)9-29-8-11(14-17(25)27-10-28-18(14)29)6-5-7-26-19(30)21(22,23)24;1-2-10-13(27)14(28)11(30-10)7-26-6-9(12-15(22)24-8-25-16(12)26)4-3-5-23-17(29)18(19,20)21;1-2-10-13(22)14(23)11(24-10)7-21-6-9(4-3-5-17)12-15(18)19-8-20-16(12)21/h8,10,12-13,15-16H,4,7,9H2,1-3H3,(H,26,30)(H2,25,27,28);6,8,10-11,13-14,27-28H,2,5,7H2,1H3,(H,23,29)(H2,22,24,25);6,8,10-11,13-14,22-23H,2,5,7,17H2,1H3,(H2,18,19,20)/t12-,13+,15?,16-;2*10-,11+,13?,14-/m111/s1. The Morgan fingerprint density at radius 2 is 0.862 bits per heavy atom. The third-order valence-corrected chi connectivity index (χ3v) is 14.5. The second-order valence-corrected chi connectivity index (χ2v) is 20.8. The van der Waals surface area contributed by atoms with Crippen molar-refractivity contribution in [2.45, 2.75) is 165 Å². The van der Waals surface area contributed by atoms with Crippen molar-refractivity contribution in [2.75, 3.05) is 36.8 Å². The van der Waals surface area contributed by atoms with E-state index in [2.05, 4.69) is 65.4 Å². The summed E-state index contributed by atoms with van der Waals surface area (Å²) in [5.74, 6) is 11.9. The van der Waals surface area contributed by atoms with Crippen molar-refractivity contribution in [3.05, 3.63) is 54.3 Å². The zero-order chi connectivity index (χ0) is 63.3. The summed E-state index contributed by atoms with van der Waals surface area (Å²) in [6.07, 6.45) is -6.02. The molecule has 2 amide bonds. The number of aromatic nitrogens is 9. The van der Waals surface area contributed by atoms with Gasteiger partial charge in [-0.05, 0) is 33.1 Å². The Morgan fingerprint density at radius 3 is 1.20 bits per heavy atom. The van der Waals surface area contributed by atoms with Crippen molar-refractivity contribution in [1.29, 1.82) is 0 Å². The van der Waals surface area contributed by atoms with Crippen LogP contribution in [0.5, 0.6) is 0 Å². The molecule has 14 N–H and O–H groups in total. The SMILES string of the molecule is CC[C@H]1O[C@@H](Cn2cc(C#CCN)c3c(N)ncnc32)[C@@H](O)C1O.CC[C@H]1O[C@@H](Cn2cc(C#CCNC(=O)C(F)(F)F)c3c(N)ncnc32)[C@@H](O)C1O.CC[C@H]1O[C@@H](Cn2cc(C#CCNC(=O)C(F)(F)F)c3c(N)ncnc32)[C@H]2OC(C)(C)OC12. The molecule has 0 spiro atoms. The molecule has 468 valence electrons. The molecule has 0 aromatic carbocycles. The fourth-order valence-electron chi connectivity index (χ4n) is 10.5. The Bertz CT molecular complexity index is 3660. The highest BCUT2D eigenvalue weighted by molar-refractivity contribution is 5.94. The summed E-state index contributed by atoms with van der Waals surface area (Å²) in [7, 11) is 0. The Labute approximate surface area is 492 Å². The summed E-state index contributed by atoms with van der Waals surface area (Å²) in [6, 6.07) is 0. The number of nitrogen functional groups attached to an aromatic ring is 3. The first-order valence-electron chi connectivity index (χ1n) is 27.4. The number of nitrogens with two attached hydrogens (primary N) is 4. The lowest BCUT2D eigenvalue weighted by atomic mass is 10.1. The van der Waals surface area contributed by atoms with Gasteiger partial charge >= 0.3 is 24.2 Å². The van der Waals surface area contributed by atoms with Crippen LogP contribution in [-0.2, 0) is 52.9 Å². The van der Waals surface area contributed by atoms with E-state index in [9.17, 15) is 56.4 Å². The Balaban J connectivity index is 0.000000171. The highest BCUT2D eigenvalue weighted by Gasteiger charge is 2.54. The van der Waals surface area contributed by atoms with Crippen molar-refractivity contribution in [2.24, 2.45) is 5.73 Å². The minimum Gasteiger partial charge on any atom is -0.388 e. The average Bonchev–Trinajstić information content (AvgIpc) is 1.87. The first-order chi connectivity index (χ1) is 41.2. The van der Waals surface area contributed by atoms with Crippen LogP contribution in [0.15, 0.2) is 37.6 Å². The van der Waals surface area contributed by atoms with E-state index in [4.69, 9.17) is 46.6 Å². The molecule has 10 heterocycles. The molecule has 0 radical (unpaired) electrons. The van der Waals surface area contributed by atoms with Gasteiger partial charge in [0.05, 0.1) is 90.4 Å². The van der Waals surface area contributed by atoms with Crippen LogP contribution in [0.25, 0.3) is 33.1 Å². The van der Waals surface area contributed by atoms with Gasteiger partial charge in [-0.1, -0.05) is 56.3 Å². The van der Waals surface area contributed by atoms with Crippen LogP contribution in [0.2, 0.25) is 0 Å². The molecule has 32 heteroatoms. The van der Waals surface area contributed by atoms with Crippen molar-refractivity contribution in [3.63, 3.8) is 0 Å². The third kappa shape index (κ3) is 14.6. The predicted molar refractivity (Wildman–Crippen MR) is 298 cm³/mol. The lowest BCUT2D eigenvalue weighted by Gasteiger charge is -2.24. The van der Waals surface area contributed by atoms with Gasteiger partial charge in [-0.25, -0.2) is 29.9 Å². The molecule has 6 aromatic rings. The largest absolute Gasteiger partial charge is 0.471 e. The molecular weight excluding hydrogens is 1160 g/mol. The molecule has 3 unspecified atom stereocenters. The molecule has 12 atom stereocenters. The molecule has 87 heavy (non-hydrogen) atoms. The number of aliphatic hydroxyl groups excluding tert-OH is 4. The first-order valence-corrected chi connectivity index (χ1v) is 27.4. The molecule has 4 aliphatic heterocycles. The molecule has 26 nitrogen and oxygen atoms in total. The van der Waals surface area contributed by atoms with Gasteiger partial charge in [0.1, 0.15) is 108 Å². The molecular formula is C55H65F6N15O11. The minimum absolute atomic E-state index is 0.111. The van der Waals surface area contributed by atoms with Gasteiger partial charge in [0.15, 0.2) is 5.79 Å². The van der Waals surface area contributed by atoms with E-state index < -0.39 is 85.8 Å². The molecule has 4 aliphatic rings. The van der Waals surface area contributed by atoms with Crippen LogP contribution in [0.3, 0.4) is 0 Å². The van der Waals surface area contributed by atoms with E-state index in [0.29, 0.717) is 81.5 Å². The number of nitrogens with one attached hydrogen (secondary N) is 2. The van der Waals surface area contributed by atoms with E-state index >= 15 is 0 Å². The summed E-state index contributed by atoms with van der Waals surface area (Å²) in [6.45, 7) is 9.53. The lowest BCUT2D eigenvalue weighted by Crippen LogP contribution is -2.36. The van der Waals surface area contributed by atoms with Gasteiger partial charge in [0.25, 0.3) is 0 Å². The van der Waals surface area contributed by atoms with Crippen LogP contribution in [0.4, 0.5) is 43.8 Å². The second kappa shape index (κ2) is 27.0. The van der Waals surface area contributed by atoms with Crippen LogP contribution < -0.4 is 33.6 Å². The van der Waals surface area contributed by atoms with Gasteiger partial charge < -0.3 is 91.4 Å². The molecule has 4 fully saturated rings. The highest BCUT2D eigenvalue weighted by atomic mass is 19.4. The van der Waals surface area contributed by atoms with Crippen molar-refractivity contribution >= 4 is 62.4 Å². The number of aliphatic hydroxyl groups is 4. The summed E-state index contributed by atoms with van der Waals surface area (Å²) in [5.41, 5.74) is 26.3. The maximum Gasteiger partial charge on any atom is 0.471 e. The van der Waals surface area contributed by atoms with Gasteiger partial charge in [-0.15, -0.1) is 0 Å². The molecule has 10 rings (SSSR count). The zero-order valence-corrected chi connectivity index (χ0v) is 47.5. The number of alkyl halides is 6. The lowest BCUT2D eigenvalue weighted by molar-refractivity contribution is -0.188. The number of carbonyl (C=O) groups excluding carboxylic acids is 2. The molecule has 4 saturated heterocycles. The Morgan fingerprint density at radius 1 is 0.540 bits per heavy atom. The van der Waals surface area contributed by atoms with Crippen LogP contribution in [-0.4, -0.2) is 187 Å². The third-order valence-electron chi connectivity index (χ3n) is 14.5. The summed E-state index contributed by atoms with van der Waals surface area (Å²) >= 11 is 0. The highest BCUT2D eigenvalue weighted by Crippen LogP contribution is 2.41. The number of ether oxygens (including phenoxy) is 5. The minimum atomic E-state index is -4.99. The maximum atomic E-state index is 12.3. The summed E-state index contributed by atoms with van der Waals surface area (Å²) in [4.78, 5) is 46.4. The van der Waals surface area contributed by atoms with E-state index in [-0.39, 0.29) is 55.2 Å². The number of anilines is 3. The summed E-state index contributed by atoms with van der Waals surface area (Å²) in [5, 5.41) is 45.4. The topological polar surface area (TPSA) is 381 Å². The number of nitrogens with zero attached hydrogens (tertiary/aromatic N) is 9. The van der Waals surface area contributed by atoms with E-state index in [0.717, 1.165) is 6.42 Å². The van der Waals surface area contributed by atoms with Crippen molar-refractivity contribution in [3.8, 4) is 35.5 Å². The summed E-state index contributed by atoms with van der Waals surface area (Å²) < 4.78 is 109. The quantitative estimate of drug-likeness (QED) is 0.0636. The fraction of sp³-hybridized carbons (Fsp3) is 0.527. The fourth-order valence-corrected chi connectivity index (χ4v) is 10.5. The molecule has 0 aliphatic carbocycles. The van der Waals surface area contributed by atoms with Gasteiger partial charge in [-0.3, -0.25) is 9.59 Å². The number of hydrogen-bond acceptors (Lipinski definition) is 21. The number of carbonyl (C=O) groups is 2. The monoisotopic (exact) mass is 1230 g/mol. The van der Waals surface area contributed by atoms with Crippen LogP contribution >= 0.6 is 0 Å². The molecule has 0 bridgehead atoms. The van der Waals surface area contributed by atoms with Crippen LogP contribution in [0.1, 0.15) is 70.6 Å². The number of halogens is 6. The average molecular weight is 1230 g/mol. The number of rotatable bonds is 11. The van der Waals surface area contributed by atoms with E-state index in [1.165, 1.54) is 19.0 Å². The van der Waals surface area contributed by atoms with Gasteiger partial charge in [-0.2, -0.15) is 26.3 Å². The van der Waals surface area contributed by atoms with Crippen molar-refractivity contribution in [1.82, 2.24) is 54.2 Å². The normalized spacial score (nSPS) is 25.5. The zero-order valence-electron chi connectivity index (χ0n) is 47.5.